The standard InChI is InChI=1S/C22H20FN3O2S/c1-15(16-5-9-18(23)10-6-16)29-22-25-24-21(17-7-11-19(27-2)12-8-17)26(22)14-20-4-3-13-28-20/h3-13,15H,14H2,1-2H3. The number of ether oxygens (including phenoxy) is 1. The second-order valence-corrected chi connectivity index (χ2v) is 7.82. The van der Waals surface area contributed by atoms with E-state index in [1.54, 1.807) is 37.3 Å². The third-order valence-corrected chi connectivity index (χ3v) is 5.72. The van der Waals surface area contributed by atoms with Gasteiger partial charge in [0.1, 0.15) is 17.3 Å². The molecule has 0 radical (unpaired) electrons. The summed E-state index contributed by atoms with van der Waals surface area (Å²) in [5.74, 6) is 2.10. The second-order valence-electron chi connectivity index (χ2n) is 6.51. The van der Waals surface area contributed by atoms with E-state index in [0.29, 0.717) is 6.54 Å². The maximum atomic E-state index is 13.2. The Kier molecular flexibility index (Phi) is 5.67. The molecule has 7 heteroatoms. The highest BCUT2D eigenvalue weighted by Crippen LogP contribution is 2.36. The predicted octanol–water partition coefficient (Wildman–Crippen LogP) is 5.59. The van der Waals surface area contributed by atoms with Crippen LogP contribution >= 0.6 is 11.8 Å². The lowest BCUT2D eigenvalue weighted by atomic mass is 10.2. The van der Waals surface area contributed by atoms with Gasteiger partial charge in [0.25, 0.3) is 0 Å². The highest BCUT2D eigenvalue weighted by molar-refractivity contribution is 7.99. The quantitative estimate of drug-likeness (QED) is 0.373. The summed E-state index contributed by atoms with van der Waals surface area (Å²) < 4.78 is 26.1. The van der Waals surface area contributed by atoms with Gasteiger partial charge in [-0.3, -0.25) is 4.57 Å². The topological polar surface area (TPSA) is 53.1 Å². The molecule has 2 aromatic heterocycles. The van der Waals surface area contributed by atoms with Crippen molar-refractivity contribution < 1.29 is 13.5 Å². The van der Waals surface area contributed by atoms with Crippen LogP contribution in [0.2, 0.25) is 0 Å². The predicted molar refractivity (Wildman–Crippen MR) is 110 cm³/mol. The number of thioether (sulfide) groups is 1. The summed E-state index contributed by atoms with van der Waals surface area (Å²) in [4.78, 5) is 0. The Labute approximate surface area is 172 Å². The molecule has 5 nitrogen and oxygen atoms in total. The van der Waals surface area contributed by atoms with Gasteiger partial charge in [-0.15, -0.1) is 10.2 Å². The maximum absolute atomic E-state index is 13.2. The minimum absolute atomic E-state index is 0.0823. The number of halogens is 1. The lowest BCUT2D eigenvalue weighted by Gasteiger charge is -2.13. The van der Waals surface area contributed by atoms with Crippen molar-refractivity contribution in [2.45, 2.75) is 23.9 Å². The summed E-state index contributed by atoms with van der Waals surface area (Å²) in [6.45, 7) is 2.58. The minimum Gasteiger partial charge on any atom is -0.497 e. The number of rotatable bonds is 7. The third kappa shape index (κ3) is 4.35. The number of benzene rings is 2. The van der Waals surface area contributed by atoms with Gasteiger partial charge in [0.05, 0.1) is 19.9 Å². The molecule has 0 saturated carbocycles. The Balaban J connectivity index is 1.67. The molecule has 2 heterocycles. The molecule has 4 rings (SSSR count). The molecule has 0 aliphatic carbocycles. The average molecular weight is 409 g/mol. The molecular weight excluding hydrogens is 389 g/mol. The minimum atomic E-state index is -0.242. The van der Waals surface area contributed by atoms with Crippen molar-refractivity contribution in [3.63, 3.8) is 0 Å². The van der Waals surface area contributed by atoms with E-state index in [-0.39, 0.29) is 11.1 Å². The van der Waals surface area contributed by atoms with Crippen LogP contribution in [0.25, 0.3) is 11.4 Å². The summed E-state index contributed by atoms with van der Waals surface area (Å²) >= 11 is 1.57. The molecule has 0 saturated heterocycles. The van der Waals surface area contributed by atoms with Gasteiger partial charge in [-0.25, -0.2) is 4.39 Å². The Bertz CT molecular complexity index is 1060. The van der Waals surface area contributed by atoms with Crippen LogP contribution < -0.4 is 4.74 Å². The molecule has 29 heavy (non-hydrogen) atoms. The van der Waals surface area contributed by atoms with E-state index in [2.05, 4.69) is 17.1 Å². The molecule has 0 aliphatic rings. The number of nitrogens with zero attached hydrogens (tertiary/aromatic N) is 3. The SMILES string of the molecule is COc1ccc(-c2nnc(SC(C)c3ccc(F)cc3)n2Cc2ccco2)cc1. The van der Waals surface area contributed by atoms with Crippen LogP contribution in [0, 0.1) is 5.82 Å². The number of hydrogen-bond donors (Lipinski definition) is 0. The van der Waals surface area contributed by atoms with Gasteiger partial charge in [-0.1, -0.05) is 23.9 Å². The molecule has 0 bridgehead atoms. The summed E-state index contributed by atoms with van der Waals surface area (Å²) in [6, 6.07) is 18.0. The fourth-order valence-corrected chi connectivity index (χ4v) is 3.97. The molecule has 148 valence electrons. The lowest BCUT2D eigenvalue weighted by molar-refractivity contribution is 0.415. The Hall–Kier alpha value is -3.06. The summed E-state index contributed by atoms with van der Waals surface area (Å²) in [7, 11) is 1.64. The van der Waals surface area contributed by atoms with Crippen LogP contribution in [-0.4, -0.2) is 21.9 Å². The molecule has 0 fully saturated rings. The molecule has 0 amide bonds. The van der Waals surface area contributed by atoms with Crippen LogP contribution in [0.3, 0.4) is 0 Å². The number of methoxy groups -OCH3 is 1. The van der Waals surface area contributed by atoms with Crippen molar-refractivity contribution in [2.75, 3.05) is 7.11 Å². The molecule has 2 aromatic carbocycles. The van der Waals surface area contributed by atoms with Gasteiger partial charge in [-0.2, -0.15) is 0 Å². The smallest absolute Gasteiger partial charge is 0.192 e. The highest BCUT2D eigenvalue weighted by Gasteiger charge is 2.19. The van der Waals surface area contributed by atoms with Gasteiger partial charge >= 0.3 is 0 Å². The number of hydrogen-bond acceptors (Lipinski definition) is 5. The van der Waals surface area contributed by atoms with Crippen LogP contribution in [0.5, 0.6) is 5.75 Å². The Morgan fingerprint density at radius 3 is 2.48 bits per heavy atom. The van der Waals surface area contributed by atoms with E-state index in [4.69, 9.17) is 9.15 Å². The van der Waals surface area contributed by atoms with Crippen molar-refractivity contribution >= 4 is 11.8 Å². The van der Waals surface area contributed by atoms with E-state index in [9.17, 15) is 4.39 Å². The zero-order valence-electron chi connectivity index (χ0n) is 16.1. The number of furan rings is 1. The van der Waals surface area contributed by atoms with Crippen molar-refractivity contribution in [2.24, 2.45) is 0 Å². The van der Waals surface area contributed by atoms with Gasteiger partial charge in [0.2, 0.25) is 0 Å². The molecule has 4 aromatic rings. The first-order valence-electron chi connectivity index (χ1n) is 9.16. The first-order chi connectivity index (χ1) is 14.1. The van der Waals surface area contributed by atoms with E-state index in [0.717, 1.165) is 33.6 Å². The van der Waals surface area contributed by atoms with Crippen molar-refractivity contribution in [1.82, 2.24) is 14.8 Å². The van der Waals surface area contributed by atoms with E-state index >= 15 is 0 Å². The zero-order valence-corrected chi connectivity index (χ0v) is 16.9. The third-order valence-electron chi connectivity index (χ3n) is 4.58. The Morgan fingerprint density at radius 1 is 1.07 bits per heavy atom. The lowest BCUT2D eigenvalue weighted by Crippen LogP contribution is -2.04. The number of aromatic nitrogens is 3. The van der Waals surface area contributed by atoms with Gasteiger partial charge in [0, 0.05) is 10.8 Å². The van der Waals surface area contributed by atoms with Crippen LogP contribution in [0.15, 0.2) is 76.5 Å². The molecule has 1 unspecified atom stereocenters. The Morgan fingerprint density at radius 2 is 1.83 bits per heavy atom. The van der Waals surface area contributed by atoms with E-state index < -0.39 is 0 Å². The van der Waals surface area contributed by atoms with Gasteiger partial charge < -0.3 is 9.15 Å². The van der Waals surface area contributed by atoms with Crippen molar-refractivity contribution in [1.29, 1.82) is 0 Å². The largest absolute Gasteiger partial charge is 0.497 e. The first-order valence-corrected chi connectivity index (χ1v) is 10.0. The summed E-state index contributed by atoms with van der Waals surface area (Å²) in [5, 5.41) is 9.71. The van der Waals surface area contributed by atoms with E-state index in [1.807, 2.05) is 41.0 Å². The maximum Gasteiger partial charge on any atom is 0.192 e. The van der Waals surface area contributed by atoms with Gasteiger partial charge in [-0.05, 0) is 61.0 Å². The fraction of sp³-hybridized carbons (Fsp3) is 0.182. The average Bonchev–Trinajstić information content (AvgIpc) is 3.39. The van der Waals surface area contributed by atoms with E-state index in [1.165, 1.54) is 12.1 Å². The summed E-state index contributed by atoms with van der Waals surface area (Å²) in [6.07, 6.45) is 1.65. The fourth-order valence-electron chi connectivity index (χ4n) is 2.99. The van der Waals surface area contributed by atoms with Crippen LogP contribution in [-0.2, 0) is 6.54 Å². The van der Waals surface area contributed by atoms with Crippen LogP contribution in [0.1, 0.15) is 23.5 Å². The monoisotopic (exact) mass is 409 g/mol. The van der Waals surface area contributed by atoms with Crippen molar-refractivity contribution in [3.8, 4) is 17.1 Å². The normalized spacial score (nSPS) is 12.1. The summed E-state index contributed by atoms with van der Waals surface area (Å²) in [5.41, 5.74) is 1.96. The molecule has 1 atom stereocenters. The molecular formula is C22H20FN3O2S. The molecule has 0 aliphatic heterocycles. The molecule has 0 spiro atoms. The van der Waals surface area contributed by atoms with Crippen LogP contribution in [0.4, 0.5) is 4.39 Å². The zero-order chi connectivity index (χ0) is 20.2. The first kappa shape index (κ1) is 19.3. The van der Waals surface area contributed by atoms with Gasteiger partial charge in [0.15, 0.2) is 11.0 Å². The second kappa shape index (κ2) is 8.53. The van der Waals surface area contributed by atoms with Crippen molar-refractivity contribution in [3.05, 3.63) is 84.1 Å². The molecule has 0 N–H and O–H groups in total. The highest BCUT2D eigenvalue weighted by atomic mass is 32.2.